The summed E-state index contributed by atoms with van der Waals surface area (Å²) >= 11 is 0. The molecule has 2 heteroatoms. The average Bonchev–Trinajstić information content (AvgIpc) is 2.44. The Morgan fingerprint density at radius 1 is 1.50 bits per heavy atom. The van der Waals surface area contributed by atoms with Crippen LogP contribution in [0.15, 0.2) is 12.1 Å². The van der Waals surface area contributed by atoms with Crippen molar-refractivity contribution in [1.29, 1.82) is 0 Å². The Bertz CT molecular complexity index is 239. The smallest absolute Gasteiger partial charge is 0.0832 e. The van der Waals surface area contributed by atoms with Gasteiger partial charge in [-0.1, -0.05) is 0 Å². The van der Waals surface area contributed by atoms with Crippen molar-refractivity contribution < 1.29 is 5.11 Å². The Kier molecular flexibility index (Phi) is 1.27. The molecular weight excluding hydrogens is 126 g/mol. The summed E-state index contributed by atoms with van der Waals surface area (Å²) in [7, 11) is 0. The summed E-state index contributed by atoms with van der Waals surface area (Å²) in [5, 5.41) is 8.87. The summed E-state index contributed by atoms with van der Waals surface area (Å²) in [6.07, 6.45) is 2.42. The molecule has 0 saturated heterocycles. The average molecular weight is 137 g/mol. The number of aromatic nitrogens is 1. The molecule has 2 rings (SSSR count). The molecule has 0 aliphatic carbocycles. The normalized spacial score (nSPS) is 15.7. The van der Waals surface area contributed by atoms with E-state index in [1.165, 1.54) is 18.5 Å². The zero-order valence-corrected chi connectivity index (χ0v) is 5.88. The summed E-state index contributed by atoms with van der Waals surface area (Å²) < 4.78 is 2.21. The third kappa shape index (κ3) is 0.688. The fourth-order valence-electron chi connectivity index (χ4n) is 1.62. The zero-order chi connectivity index (χ0) is 6.97. The zero-order valence-electron chi connectivity index (χ0n) is 5.88. The predicted octanol–water partition coefficient (Wildman–Crippen LogP) is 0.927. The largest absolute Gasteiger partial charge is 0.390 e. The van der Waals surface area contributed by atoms with Gasteiger partial charge in [0, 0.05) is 17.9 Å². The standard InChI is InChI=1S/C8H11NO/c10-6-8-4-3-7-2-1-5-9(7)8/h3-4,10H,1-2,5-6H2. The SMILES string of the molecule is OCc1ccc2n1CCC2. The lowest BCUT2D eigenvalue weighted by Crippen LogP contribution is -1.98. The van der Waals surface area contributed by atoms with Crippen molar-refractivity contribution in [2.75, 3.05) is 0 Å². The van der Waals surface area contributed by atoms with E-state index in [1.54, 1.807) is 0 Å². The Morgan fingerprint density at radius 2 is 2.40 bits per heavy atom. The molecule has 0 unspecified atom stereocenters. The first-order valence-corrected chi connectivity index (χ1v) is 3.70. The van der Waals surface area contributed by atoms with Gasteiger partial charge >= 0.3 is 0 Å². The molecule has 1 aliphatic rings. The molecule has 0 amide bonds. The van der Waals surface area contributed by atoms with Gasteiger partial charge in [-0.2, -0.15) is 0 Å². The molecule has 0 aromatic carbocycles. The third-order valence-corrected chi connectivity index (χ3v) is 2.14. The van der Waals surface area contributed by atoms with Crippen molar-refractivity contribution in [2.45, 2.75) is 26.0 Å². The third-order valence-electron chi connectivity index (χ3n) is 2.14. The lowest BCUT2D eigenvalue weighted by Gasteiger charge is -2.00. The topological polar surface area (TPSA) is 25.2 Å². The molecule has 54 valence electrons. The maximum atomic E-state index is 8.87. The maximum Gasteiger partial charge on any atom is 0.0832 e. The van der Waals surface area contributed by atoms with Crippen LogP contribution in [-0.4, -0.2) is 9.67 Å². The van der Waals surface area contributed by atoms with E-state index in [-0.39, 0.29) is 6.61 Å². The second-order valence-corrected chi connectivity index (χ2v) is 2.73. The molecule has 1 aromatic heterocycles. The van der Waals surface area contributed by atoms with Gasteiger partial charge in [-0.15, -0.1) is 0 Å². The molecular formula is C8H11NO. The Morgan fingerprint density at radius 3 is 3.20 bits per heavy atom. The second-order valence-electron chi connectivity index (χ2n) is 2.73. The molecule has 2 nitrogen and oxygen atoms in total. The van der Waals surface area contributed by atoms with Crippen LogP contribution in [0.4, 0.5) is 0 Å². The van der Waals surface area contributed by atoms with Gasteiger partial charge < -0.3 is 9.67 Å². The predicted molar refractivity (Wildman–Crippen MR) is 38.7 cm³/mol. The van der Waals surface area contributed by atoms with E-state index in [2.05, 4.69) is 10.6 Å². The highest BCUT2D eigenvalue weighted by atomic mass is 16.3. The number of hydrogen-bond acceptors (Lipinski definition) is 1. The number of rotatable bonds is 1. The van der Waals surface area contributed by atoms with E-state index >= 15 is 0 Å². The van der Waals surface area contributed by atoms with Gasteiger partial charge in [0.25, 0.3) is 0 Å². The molecule has 2 heterocycles. The highest BCUT2D eigenvalue weighted by Gasteiger charge is 2.12. The van der Waals surface area contributed by atoms with Crippen LogP contribution >= 0.6 is 0 Å². The van der Waals surface area contributed by atoms with Gasteiger partial charge in [0.2, 0.25) is 0 Å². The summed E-state index contributed by atoms with van der Waals surface area (Å²) in [6.45, 7) is 1.28. The minimum Gasteiger partial charge on any atom is -0.390 e. The monoisotopic (exact) mass is 137 g/mol. The summed E-state index contributed by atoms with van der Waals surface area (Å²) in [5.74, 6) is 0. The Hall–Kier alpha value is -0.760. The fraction of sp³-hybridized carbons (Fsp3) is 0.500. The van der Waals surface area contributed by atoms with E-state index in [0.29, 0.717) is 0 Å². The van der Waals surface area contributed by atoms with Gasteiger partial charge in [-0.05, 0) is 25.0 Å². The molecule has 0 radical (unpaired) electrons. The van der Waals surface area contributed by atoms with E-state index < -0.39 is 0 Å². The first kappa shape index (κ1) is 5.98. The van der Waals surface area contributed by atoms with Gasteiger partial charge in [0.1, 0.15) is 0 Å². The lowest BCUT2D eigenvalue weighted by atomic mass is 10.3. The van der Waals surface area contributed by atoms with Crippen LogP contribution in [-0.2, 0) is 19.6 Å². The van der Waals surface area contributed by atoms with Crippen molar-refractivity contribution >= 4 is 0 Å². The highest BCUT2D eigenvalue weighted by molar-refractivity contribution is 5.18. The van der Waals surface area contributed by atoms with Gasteiger partial charge in [-0.3, -0.25) is 0 Å². The number of nitrogens with zero attached hydrogens (tertiary/aromatic N) is 1. The highest BCUT2D eigenvalue weighted by Crippen LogP contribution is 2.18. The first-order chi connectivity index (χ1) is 4.92. The van der Waals surface area contributed by atoms with Gasteiger partial charge in [0.05, 0.1) is 6.61 Å². The molecule has 1 aromatic rings. The number of hydrogen-bond donors (Lipinski definition) is 1. The molecule has 1 aliphatic heterocycles. The molecule has 10 heavy (non-hydrogen) atoms. The first-order valence-electron chi connectivity index (χ1n) is 3.70. The second kappa shape index (κ2) is 2.13. The fourth-order valence-corrected chi connectivity index (χ4v) is 1.62. The van der Waals surface area contributed by atoms with Crippen LogP contribution in [0.2, 0.25) is 0 Å². The van der Waals surface area contributed by atoms with Crippen molar-refractivity contribution in [1.82, 2.24) is 4.57 Å². The summed E-state index contributed by atoms with van der Waals surface area (Å²) in [4.78, 5) is 0. The lowest BCUT2D eigenvalue weighted by molar-refractivity contribution is 0.271. The molecule has 0 atom stereocenters. The number of fused-ring (bicyclic) bond motifs is 1. The number of aliphatic hydroxyl groups is 1. The van der Waals surface area contributed by atoms with Crippen LogP contribution in [0.5, 0.6) is 0 Å². The molecule has 0 bridgehead atoms. The van der Waals surface area contributed by atoms with Gasteiger partial charge in [0.15, 0.2) is 0 Å². The Labute approximate surface area is 60.1 Å². The minimum atomic E-state index is 0.181. The van der Waals surface area contributed by atoms with E-state index in [1.807, 2.05) is 6.07 Å². The van der Waals surface area contributed by atoms with Crippen LogP contribution in [0.1, 0.15) is 17.8 Å². The van der Waals surface area contributed by atoms with Crippen LogP contribution in [0.3, 0.4) is 0 Å². The molecule has 0 saturated carbocycles. The van der Waals surface area contributed by atoms with Gasteiger partial charge in [-0.25, -0.2) is 0 Å². The summed E-state index contributed by atoms with van der Waals surface area (Å²) in [6, 6.07) is 4.12. The van der Waals surface area contributed by atoms with Crippen LogP contribution in [0.25, 0.3) is 0 Å². The quantitative estimate of drug-likeness (QED) is 0.612. The molecule has 0 spiro atoms. The summed E-state index contributed by atoms with van der Waals surface area (Å²) in [5.41, 5.74) is 2.44. The minimum absolute atomic E-state index is 0.181. The van der Waals surface area contributed by atoms with Crippen LogP contribution < -0.4 is 0 Å². The van der Waals surface area contributed by atoms with Crippen LogP contribution in [0, 0.1) is 0 Å². The maximum absolute atomic E-state index is 8.87. The van der Waals surface area contributed by atoms with E-state index in [4.69, 9.17) is 5.11 Å². The molecule has 0 fully saturated rings. The van der Waals surface area contributed by atoms with Crippen molar-refractivity contribution in [3.8, 4) is 0 Å². The Balaban J connectivity index is 2.44. The van der Waals surface area contributed by atoms with Crippen molar-refractivity contribution in [2.24, 2.45) is 0 Å². The van der Waals surface area contributed by atoms with Crippen molar-refractivity contribution in [3.05, 3.63) is 23.5 Å². The molecule has 1 N–H and O–H groups in total. The van der Waals surface area contributed by atoms with Crippen molar-refractivity contribution in [3.63, 3.8) is 0 Å². The number of aliphatic hydroxyl groups excluding tert-OH is 1. The van der Waals surface area contributed by atoms with E-state index in [0.717, 1.165) is 12.2 Å². The number of aryl methyl sites for hydroxylation is 1. The van der Waals surface area contributed by atoms with E-state index in [9.17, 15) is 0 Å².